The highest BCUT2D eigenvalue weighted by molar-refractivity contribution is 6.30. The smallest absolute Gasteiger partial charge is 0.341 e. The number of halogens is 1. The standard InChI is InChI=1S/C12H10ClN3O2/c1-7-14-6-10(12(17)18)11(15-7)16-9-4-2-3-8(13)5-9/h2-6H,1H3,(H,17,18)(H,14,15,16). The number of aromatic nitrogens is 2. The Morgan fingerprint density at radius 2 is 2.22 bits per heavy atom. The Bertz CT molecular complexity index is 602. The predicted octanol–water partition coefficient (Wildman–Crippen LogP) is 2.88. The third kappa shape index (κ3) is 2.75. The first kappa shape index (κ1) is 12.3. The van der Waals surface area contributed by atoms with Crippen LogP contribution in [-0.4, -0.2) is 21.0 Å². The highest BCUT2D eigenvalue weighted by atomic mass is 35.5. The highest BCUT2D eigenvalue weighted by Gasteiger charge is 2.12. The molecule has 0 spiro atoms. The maximum atomic E-state index is 11.0. The quantitative estimate of drug-likeness (QED) is 0.891. The first-order valence-electron chi connectivity index (χ1n) is 5.16. The molecule has 0 bridgehead atoms. The molecule has 0 saturated carbocycles. The molecular weight excluding hydrogens is 254 g/mol. The first-order valence-corrected chi connectivity index (χ1v) is 5.53. The van der Waals surface area contributed by atoms with Crippen molar-refractivity contribution in [3.05, 3.63) is 46.9 Å². The van der Waals surface area contributed by atoms with Crippen LogP contribution in [0.4, 0.5) is 11.5 Å². The average Bonchev–Trinajstić information content (AvgIpc) is 2.28. The van der Waals surface area contributed by atoms with E-state index in [9.17, 15) is 4.79 Å². The number of benzene rings is 1. The zero-order chi connectivity index (χ0) is 13.1. The SMILES string of the molecule is Cc1ncc(C(=O)O)c(Nc2cccc(Cl)c2)n1. The molecule has 1 heterocycles. The molecule has 1 aromatic carbocycles. The molecule has 1 aromatic heterocycles. The topological polar surface area (TPSA) is 75.1 Å². The van der Waals surface area contributed by atoms with Gasteiger partial charge in [0.2, 0.25) is 0 Å². The van der Waals surface area contributed by atoms with Crippen LogP contribution in [0.1, 0.15) is 16.2 Å². The lowest BCUT2D eigenvalue weighted by atomic mass is 10.2. The minimum Gasteiger partial charge on any atom is -0.477 e. The summed E-state index contributed by atoms with van der Waals surface area (Å²) in [5.74, 6) is -0.346. The van der Waals surface area contributed by atoms with Gasteiger partial charge in [-0.2, -0.15) is 0 Å². The highest BCUT2D eigenvalue weighted by Crippen LogP contribution is 2.21. The van der Waals surface area contributed by atoms with E-state index in [0.29, 0.717) is 16.5 Å². The van der Waals surface area contributed by atoms with Gasteiger partial charge in [0.15, 0.2) is 0 Å². The molecule has 0 aliphatic heterocycles. The Morgan fingerprint density at radius 1 is 1.44 bits per heavy atom. The predicted molar refractivity (Wildman–Crippen MR) is 68.5 cm³/mol. The van der Waals surface area contributed by atoms with Crippen LogP contribution in [0, 0.1) is 6.92 Å². The molecule has 0 atom stereocenters. The zero-order valence-corrected chi connectivity index (χ0v) is 10.3. The molecule has 2 N–H and O–H groups in total. The van der Waals surface area contributed by atoms with Gasteiger partial charge in [-0.15, -0.1) is 0 Å². The van der Waals surface area contributed by atoms with Crippen LogP contribution in [0.5, 0.6) is 0 Å². The van der Waals surface area contributed by atoms with Gasteiger partial charge >= 0.3 is 5.97 Å². The fourth-order valence-corrected chi connectivity index (χ4v) is 1.62. The number of hydrogen-bond donors (Lipinski definition) is 2. The number of carbonyl (C=O) groups is 1. The summed E-state index contributed by atoms with van der Waals surface area (Å²) in [6.45, 7) is 1.69. The van der Waals surface area contributed by atoms with E-state index in [1.54, 1.807) is 31.2 Å². The third-order valence-electron chi connectivity index (χ3n) is 2.23. The van der Waals surface area contributed by atoms with E-state index < -0.39 is 5.97 Å². The fourth-order valence-electron chi connectivity index (χ4n) is 1.42. The second kappa shape index (κ2) is 5.01. The van der Waals surface area contributed by atoms with Gasteiger partial charge in [0.25, 0.3) is 0 Å². The monoisotopic (exact) mass is 263 g/mol. The Hall–Kier alpha value is -2.14. The molecular formula is C12H10ClN3O2. The van der Waals surface area contributed by atoms with Crippen LogP contribution in [0.3, 0.4) is 0 Å². The van der Waals surface area contributed by atoms with Crippen LogP contribution in [0.15, 0.2) is 30.5 Å². The molecule has 0 aliphatic rings. The third-order valence-corrected chi connectivity index (χ3v) is 2.46. The van der Waals surface area contributed by atoms with E-state index in [-0.39, 0.29) is 11.4 Å². The van der Waals surface area contributed by atoms with Gasteiger partial charge in [0.1, 0.15) is 17.2 Å². The summed E-state index contributed by atoms with van der Waals surface area (Å²) < 4.78 is 0. The van der Waals surface area contributed by atoms with Crippen molar-refractivity contribution in [2.24, 2.45) is 0 Å². The van der Waals surface area contributed by atoms with Crippen molar-refractivity contribution >= 4 is 29.1 Å². The molecule has 0 amide bonds. The molecule has 0 radical (unpaired) electrons. The van der Waals surface area contributed by atoms with Crippen LogP contribution < -0.4 is 5.32 Å². The Morgan fingerprint density at radius 3 is 2.89 bits per heavy atom. The lowest BCUT2D eigenvalue weighted by molar-refractivity contribution is 0.0697. The molecule has 0 fully saturated rings. The van der Waals surface area contributed by atoms with Crippen LogP contribution in [0.2, 0.25) is 5.02 Å². The molecule has 92 valence electrons. The lowest BCUT2D eigenvalue weighted by Crippen LogP contribution is -2.07. The van der Waals surface area contributed by atoms with Gasteiger partial charge in [0.05, 0.1) is 0 Å². The lowest BCUT2D eigenvalue weighted by Gasteiger charge is -2.09. The average molecular weight is 264 g/mol. The van der Waals surface area contributed by atoms with Crippen molar-refractivity contribution in [1.29, 1.82) is 0 Å². The van der Waals surface area contributed by atoms with E-state index in [4.69, 9.17) is 16.7 Å². The van der Waals surface area contributed by atoms with Crippen molar-refractivity contribution in [1.82, 2.24) is 9.97 Å². The fraction of sp³-hybridized carbons (Fsp3) is 0.0833. The molecule has 2 rings (SSSR count). The number of rotatable bonds is 3. The number of anilines is 2. The number of hydrogen-bond acceptors (Lipinski definition) is 4. The van der Waals surface area contributed by atoms with E-state index >= 15 is 0 Å². The number of carboxylic acids is 1. The van der Waals surface area contributed by atoms with Gasteiger partial charge in [-0.3, -0.25) is 0 Å². The summed E-state index contributed by atoms with van der Waals surface area (Å²) in [6.07, 6.45) is 1.28. The molecule has 0 saturated heterocycles. The number of aryl methyl sites for hydroxylation is 1. The van der Waals surface area contributed by atoms with Crippen LogP contribution >= 0.6 is 11.6 Å². The molecule has 0 unspecified atom stereocenters. The minimum atomic E-state index is -1.08. The summed E-state index contributed by atoms with van der Waals surface area (Å²) in [7, 11) is 0. The number of aromatic carboxylic acids is 1. The number of carboxylic acid groups (broad SMARTS) is 1. The maximum Gasteiger partial charge on any atom is 0.341 e. The van der Waals surface area contributed by atoms with Crippen molar-refractivity contribution in [2.45, 2.75) is 6.92 Å². The van der Waals surface area contributed by atoms with Gasteiger partial charge in [0, 0.05) is 16.9 Å². The van der Waals surface area contributed by atoms with E-state index in [1.807, 2.05) is 0 Å². The van der Waals surface area contributed by atoms with Crippen molar-refractivity contribution in [3.8, 4) is 0 Å². The largest absolute Gasteiger partial charge is 0.477 e. The Balaban J connectivity index is 2.39. The summed E-state index contributed by atoms with van der Waals surface area (Å²) in [5, 5.41) is 12.5. The van der Waals surface area contributed by atoms with E-state index in [1.165, 1.54) is 6.20 Å². The second-order valence-corrected chi connectivity index (χ2v) is 4.06. The van der Waals surface area contributed by atoms with E-state index in [2.05, 4.69) is 15.3 Å². The maximum absolute atomic E-state index is 11.0. The summed E-state index contributed by atoms with van der Waals surface area (Å²) >= 11 is 5.86. The van der Waals surface area contributed by atoms with Gasteiger partial charge in [-0.25, -0.2) is 14.8 Å². The summed E-state index contributed by atoms with van der Waals surface area (Å²) in [6, 6.07) is 6.95. The number of nitrogens with zero attached hydrogens (tertiary/aromatic N) is 2. The molecule has 2 aromatic rings. The molecule has 6 heteroatoms. The van der Waals surface area contributed by atoms with Gasteiger partial charge in [-0.05, 0) is 25.1 Å². The second-order valence-electron chi connectivity index (χ2n) is 3.62. The normalized spacial score (nSPS) is 10.1. The van der Waals surface area contributed by atoms with Crippen molar-refractivity contribution in [2.75, 3.05) is 5.32 Å². The molecule has 5 nitrogen and oxygen atoms in total. The summed E-state index contributed by atoms with van der Waals surface area (Å²) in [4.78, 5) is 19.0. The minimum absolute atomic E-state index is 0.0144. The zero-order valence-electron chi connectivity index (χ0n) is 9.51. The Labute approximate surface area is 108 Å². The van der Waals surface area contributed by atoms with Gasteiger partial charge < -0.3 is 10.4 Å². The molecule has 18 heavy (non-hydrogen) atoms. The van der Waals surface area contributed by atoms with Gasteiger partial charge in [-0.1, -0.05) is 17.7 Å². The molecule has 0 aliphatic carbocycles. The van der Waals surface area contributed by atoms with Crippen LogP contribution in [0.25, 0.3) is 0 Å². The first-order chi connectivity index (χ1) is 8.56. The van der Waals surface area contributed by atoms with E-state index in [0.717, 1.165) is 0 Å². The Kier molecular flexibility index (Phi) is 3.43. The van der Waals surface area contributed by atoms with Crippen molar-refractivity contribution < 1.29 is 9.90 Å². The summed E-state index contributed by atoms with van der Waals surface area (Å²) in [5.41, 5.74) is 0.684. The van der Waals surface area contributed by atoms with Crippen molar-refractivity contribution in [3.63, 3.8) is 0 Å². The van der Waals surface area contributed by atoms with Crippen LogP contribution in [-0.2, 0) is 0 Å². The number of nitrogens with one attached hydrogen (secondary N) is 1.